The molecule has 2 aromatic carbocycles. The first-order valence-corrected chi connectivity index (χ1v) is 6.66. The highest BCUT2D eigenvalue weighted by Crippen LogP contribution is 2.26. The molecule has 0 atom stereocenters. The maximum absolute atomic E-state index is 13.9. The molecule has 0 heterocycles. The highest BCUT2D eigenvalue weighted by Gasteiger charge is 2.16. The Balaban J connectivity index is 2.33. The van der Waals surface area contributed by atoms with Crippen LogP contribution in [0, 0.1) is 23.0 Å². The van der Waals surface area contributed by atoms with Crippen LogP contribution in [0.15, 0.2) is 40.9 Å². The van der Waals surface area contributed by atoms with Gasteiger partial charge >= 0.3 is 0 Å². The molecule has 0 aromatic heterocycles. The monoisotopic (exact) mass is 336 g/mol. The highest BCUT2D eigenvalue weighted by molar-refractivity contribution is 9.10. The fraction of sp³-hybridized carbons (Fsp3) is 0.133. The Morgan fingerprint density at radius 3 is 2.35 bits per heavy atom. The van der Waals surface area contributed by atoms with Gasteiger partial charge in [-0.15, -0.1) is 0 Å². The number of hydrogen-bond donors (Lipinski definition) is 0. The van der Waals surface area contributed by atoms with Crippen molar-refractivity contribution in [3.63, 3.8) is 0 Å². The molecule has 0 aliphatic carbocycles. The van der Waals surface area contributed by atoms with E-state index in [-0.39, 0.29) is 11.3 Å². The van der Waals surface area contributed by atoms with E-state index in [9.17, 15) is 8.78 Å². The first-order valence-electron chi connectivity index (χ1n) is 5.86. The Morgan fingerprint density at radius 1 is 1.20 bits per heavy atom. The van der Waals surface area contributed by atoms with Crippen molar-refractivity contribution < 1.29 is 8.78 Å². The summed E-state index contributed by atoms with van der Waals surface area (Å²) in [6, 6.07) is 11.3. The van der Waals surface area contributed by atoms with E-state index in [0.717, 1.165) is 22.2 Å². The molecule has 0 spiro atoms. The summed E-state index contributed by atoms with van der Waals surface area (Å²) < 4.78 is 28.7. The highest BCUT2D eigenvalue weighted by atomic mass is 79.9. The molecule has 0 unspecified atom stereocenters. The van der Waals surface area contributed by atoms with Crippen LogP contribution in [0.4, 0.5) is 14.5 Å². The van der Waals surface area contributed by atoms with Gasteiger partial charge in [-0.05, 0) is 23.8 Å². The second-order valence-corrected chi connectivity index (χ2v) is 5.20. The zero-order valence-electron chi connectivity index (χ0n) is 10.7. The molecule has 0 aliphatic heterocycles. The summed E-state index contributed by atoms with van der Waals surface area (Å²) in [7, 11) is 1.60. The third kappa shape index (κ3) is 2.97. The quantitative estimate of drug-likeness (QED) is 0.838. The molecule has 0 aliphatic rings. The van der Waals surface area contributed by atoms with E-state index in [2.05, 4.69) is 15.9 Å². The van der Waals surface area contributed by atoms with Crippen LogP contribution in [0.1, 0.15) is 11.1 Å². The van der Waals surface area contributed by atoms with Crippen molar-refractivity contribution in [2.45, 2.75) is 6.54 Å². The Hall–Kier alpha value is -1.93. The summed E-state index contributed by atoms with van der Waals surface area (Å²) in [4.78, 5) is 1.48. The predicted molar refractivity (Wildman–Crippen MR) is 77.3 cm³/mol. The largest absolute Gasteiger partial charge is 0.365 e. The molecule has 0 fully saturated rings. The van der Waals surface area contributed by atoms with Gasteiger partial charge in [0, 0.05) is 18.1 Å². The summed E-state index contributed by atoms with van der Waals surface area (Å²) >= 11 is 3.40. The third-order valence-electron chi connectivity index (χ3n) is 2.89. The van der Waals surface area contributed by atoms with E-state index in [1.807, 2.05) is 24.3 Å². The fourth-order valence-corrected chi connectivity index (χ4v) is 2.37. The Kier molecular flexibility index (Phi) is 4.35. The molecule has 0 bridgehead atoms. The van der Waals surface area contributed by atoms with Crippen molar-refractivity contribution in [1.82, 2.24) is 0 Å². The number of rotatable bonds is 3. The molecule has 5 heteroatoms. The molecule has 2 rings (SSSR count). The molecule has 0 radical (unpaired) electrons. The van der Waals surface area contributed by atoms with Gasteiger partial charge in [-0.25, -0.2) is 8.78 Å². The van der Waals surface area contributed by atoms with E-state index in [0.29, 0.717) is 6.54 Å². The molecular formula is C15H11BrF2N2. The maximum Gasteiger partial charge on any atom is 0.150 e. The molecule has 0 N–H and O–H groups in total. The van der Waals surface area contributed by atoms with Gasteiger partial charge in [0.2, 0.25) is 0 Å². The Morgan fingerprint density at radius 2 is 1.80 bits per heavy atom. The van der Waals surface area contributed by atoms with E-state index in [1.165, 1.54) is 4.90 Å². The number of hydrogen-bond acceptors (Lipinski definition) is 2. The van der Waals surface area contributed by atoms with E-state index in [1.54, 1.807) is 13.1 Å². The lowest BCUT2D eigenvalue weighted by atomic mass is 10.1. The lowest BCUT2D eigenvalue weighted by molar-refractivity contribution is 0.576. The van der Waals surface area contributed by atoms with E-state index in [4.69, 9.17) is 5.26 Å². The maximum atomic E-state index is 13.9. The van der Waals surface area contributed by atoms with Crippen LogP contribution in [0.2, 0.25) is 0 Å². The van der Waals surface area contributed by atoms with Crippen LogP contribution in [0.25, 0.3) is 0 Å². The van der Waals surface area contributed by atoms with Crippen LogP contribution in [-0.4, -0.2) is 7.05 Å². The summed E-state index contributed by atoms with van der Waals surface area (Å²) in [5.41, 5.74) is 0.746. The molecule has 0 saturated heterocycles. The minimum atomic E-state index is -0.740. The molecular weight excluding hydrogens is 326 g/mol. The first-order chi connectivity index (χ1) is 9.52. The van der Waals surface area contributed by atoms with Gasteiger partial charge in [-0.2, -0.15) is 5.26 Å². The third-order valence-corrected chi connectivity index (χ3v) is 3.67. The first kappa shape index (κ1) is 14.5. The van der Waals surface area contributed by atoms with Gasteiger partial charge in [-0.1, -0.05) is 34.1 Å². The number of anilines is 1. The van der Waals surface area contributed by atoms with Crippen LogP contribution < -0.4 is 4.90 Å². The van der Waals surface area contributed by atoms with E-state index < -0.39 is 11.6 Å². The number of halogens is 3. The molecule has 0 amide bonds. The molecule has 0 saturated carbocycles. The smallest absolute Gasteiger partial charge is 0.150 e. The van der Waals surface area contributed by atoms with Crippen LogP contribution in [0.5, 0.6) is 0 Å². The van der Waals surface area contributed by atoms with Crippen molar-refractivity contribution >= 4 is 21.6 Å². The van der Waals surface area contributed by atoms with Gasteiger partial charge in [0.25, 0.3) is 0 Å². The Bertz CT molecular complexity index is 657. The van der Waals surface area contributed by atoms with Gasteiger partial charge in [0.15, 0.2) is 11.6 Å². The summed E-state index contributed by atoms with van der Waals surface area (Å²) in [5, 5.41) is 8.68. The second-order valence-electron chi connectivity index (χ2n) is 4.35. The second kappa shape index (κ2) is 6.02. The van der Waals surface area contributed by atoms with Crippen molar-refractivity contribution in [2.24, 2.45) is 0 Å². The zero-order chi connectivity index (χ0) is 14.7. The minimum Gasteiger partial charge on any atom is -0.365 e. The SMILES string of the molecule is CN(Cc1ccccc1Br)c1c(F)cc(C#N)cc1F. The average Bonchev–Trinajstić information content (AvgIpc) is 2.40. The average molecular weight is 337 g/mol. The molecule has 2 nitrogen and oxygen atoms in total. The zero-order valence-corrected chi connectivity index (χ0v) is 12.3. The lowest BCUT2D eigenvalue weighted by Crippen LogP contribution is -2.19. The topological polar surface area (TPSA) is 27.0 Å². The van der Waals surface area contributed by atoms with Crippen molar-refractivity contribution in [3.8, 4) is 6.07 Å². The number of nitriles is 1. The van der Waals surface area contributed by atoms with Crippen LogP contribution in [-0.2, 0) is 6.54 Å². The molecule has 20 heavy (non-hydrogen) atoms. The van der Waals surface area contributed by atoms with Gasteiger partial charge in [-0.3, -0.25) is 0 Å². The minimum absolute atomic E-state index is 0.0296. The normalized spacial score (nSPS) is 10.2. The van der Waals surface area contributed by atoms with Crippen molar-refractivity contribution in [1.29, 1.82) is 5.26 Å². The number of benzene rings is 2. The standard InChI is InChI=1S/C15H11BrF2N2/c1-20(9-11-4-2-3-5-12(11)16)15-13(17)6-10(8-19)7-14(15)18/h2-7H,9H2,1H3. The van der Waals surface area contributed by atoms with Crippen molar-refractivity contribution in [2.75, 3.05) is 11.9 Å². The Labute approximate surface area is 124 Å². The summed E-state index contributed by atoms with van der Waals surface area (Å²) in [6.07, 6.45) is 0. The van der Waals surface area contributed by atoms with Crippen LogP contribution >= 0.6 is 15.9 Å². The molecule has 2 aromatic rings. The predicted octanol–water partition coefficient (Wildman–Crippen LogP) is 4.24. The number of nitrogens with zero attached hydrogens (tertiary/aromatic N) is 2. The summed E-state index contributed by atoms with van der Waals surface area (Å²) in [6.45, 7) is 0.348. The molecule has 102 valence electrons. The van der Waals surface area contributed by atoms with Crippen molar-refractivity contribution in [3.05, 3.63) is 63.6 Å². The van der Waals surface area contributed by atoms with Crippen LogP contribution in [0.3, 0.4) is 0 Å². The lowest BCUT2D eigenvalue weighted by Gasteiger charge is -2.21. The van der Waals surface area contributed by atoms with Gasteiger partial charge in [0.05, 0.1) is 11.6 Å². The van der Waals surface area contributed by atoms with Gasteiger partial charge in [0.1, 0.15) is 5.69 Å². The fourth-order valence-electron chi connectivity index (χ4n) is 1.96. The van der Waals surface area contributed by atoms with Gasteiger partial charge < -0.3 is 4.90 Å². The van der Waals surface area contributed by atoms with E-state index >= 15 is 0 Å². The summed E-state index contributed by atoms with van der Waals surface area (Å²) in [5.74, 6) is -1.48.